The third-order valence-electron chi connectivity index (χ3n) is 3.57. The second-order valence-corrected chi connectivity index (χ2v) is 6.22. The number of pyridine rings is 1. The van der Waals surface area contributed by atoms with Crippen LogP contribution in [0, 0.1) is 0 Å². The van der Waals surface area contributed by atoms with Gasteiger partial charge >= 0.3 is 0 Å². The molecule has 0 saturated carbocycles. The number of hydrogen-bond donors (Lipinski definition) is 1. The molecule has 0 atom stereocenters. The van der Waals surface area contributed by atoms with Gasteiger partial charge in [0.25, 0.3) is 0 Å². The Bertz CT molecular complexity index is 960. The van der Waals surface area contributed by atoms with Gasteiger partial charge in [-0.2, -0.15) is 10.2 Å². The van der Waals surface area contributed by atoms with Gasteiger partial charge in [0.2, 0.25) is 0 Å². The van der Waals surface area contributed by atoms with E-state index in [2.05, 4.69) is 21.6 Å². The highest BCUT2D eigenvalue weighted by molar-refractivity contribution is 7.13. The van der Waals surface area contributed by atoms with Gasteiger partial charge in [0.1, 0.15) is 11.5 Å². The Morgan fingerprint density at radius 1 is 1.00 bits per heavy atom. The van der Waals surface area contributed by atoms with Crippen LogP contribution in [0.25, 0.3) is 16.3 Å². The van der Waals surface area contributed by atoms with Crippen molar-refractivity contribution < 1.29 is 0 Å². The lowest BCUT2D eigenvalue weighted by atomic mass is 10.2. The standard InChI is InChI=1S/C19H15N5S/c1-2-7-16(8-3-1)24-14-15(19(23-24)17-9-6-12-25-17)13-21-22-18-10-4-5-11-20-18/h1-14H,(H,20,22). The Balaban J connectivity index is 1.67. The summed E-state index contributed by atoms with van der Waals surface area (Å²) in [5.41, 5.74) is 5.80. The Labute approximate surface area is 149 Å². The van der Waals surface area contributed by atoms with Crippen LogP contribution >= 0.6 is 11.3 Å². The summed E-state index contributed by atoms with van der Waals surface area (Å²) in [4.78, 5) is 5.30. The maximum Gasteiger partial charge on any atom is 0.146 e. The molecule has 6 heteroatoms. The lowest BCUT2D eigenvalue weighted by molar-refractivity contribution is 0.885. The average molecular weight is 345 g/mol. The average Bonchev–Trinajstić information content (AvgIpc) is 3.33. The molecular weight excluding hydrogens is 330 g/mol. The van der Waals surface area contributed by atoms with Gasteiger partial charge in [0, 0.05) is 18.0 Å². The van der Waals surface area contributed by atoms with Crippen molar-refractivity contribution in [2.24, 2.45) is 5.10 Å². The molecule has 3 heterocycles. The van der Waals surface area contributed by atoms with Gasteiger partial charge in [-0.3, -0.25) is 5.43 Å². The zero-order valence-electron chi connectivity index (χ0n) is 13.3. The smallest absolute Gasteiger partial charge is 0.146 e. The van der Waals surface area contributed by atoms with E-state index in [-0.39, 0.29) is 0 Å². The number of nitrogens with zero attached hydrogens (tertiary/aromatic N) is 4. The van der Waals surface area contributed by atoms with Crippen LogP contribution in [0.5, 0.6) is 0 Å². The molecule has 122 valence electrons. The molecule has 3 aromatic heterocycles. The van der Waals surface area contributed by atoms with E-state index in [1.807, 2.05) is 70.9 Å². The topological polar surface area (TPSA) is 55.1 Å². The van der Waals surface area contributed by atoms with Crippen molar-refractivity contribution >= 4 is 23.4 Å². The summed E-state index contributed by atoms with van der Waals surface area (Å²) >= 11 is 1.66. The van der Waals surface area contributed by atoms with Crippen LogP contribution in [0.15, 0.2) is 83.5 Å². The third kappa shape index (κ3) is 3.49. The zero-order chi connectivity index (χ0) is 16.9. The lowest BCUT2D eigenvalue weighted by Crippen LogP contribution is -1.93. The van der Waals surface area contributed by atoms with Crippen LogP contribution in [0.1, 0.15) is 5.56 Å². The normalized spacial score (nSPS) is 11.0. The fraction of sp³-hybridized carbons (Fsp3) is 0. The number of rotatable bonds is 5. The molecule has 4 rings (SSSR count). The van der Waals surface area contributed by atoms with Gasteiger partial charge in [0.15, 0.2) is 0 Å². The molecule has 1 aromatic carbocycles. The van der Waals surface area contributed by atoms with Gasteiger partial charge in [-0.1, -0.05) is 30.3 Å². The third-order valence-corrected chi connectivity index (χ3v) is 4.44. The summed E-state index contributed by atoms with van der Waals surface area (Å²) in [7, 11) is 0. The van der Waals surface area contributed by atoms with E-state index in [4.69, 9.17) is 5.10 Å². The highest BCUT2D eigenvalue weighted by Gasteiger charge is 2.11. The number of thiophene rings is 1. The van der Waals surface area contributed by atoms with E-state index in [0.717, 1.165) is 21.8 Å². The molecule has 0 amide bonds. The summed E-state index contributed by atoms with van der Waals surface area (Å²) in [5.74, 6) is 0.701. The lowest BCUT2D eigenvalue weighted by Gasteiger charge is -1.98. The van der Waals surface area contributed by atoms with Crippen LogP contribution in [-0.4, -0.2) is 21.0 Å². The minimum absolute atomic E-state index is 0.701. The monoisotopic (exact) mass is 345 g/mol. The Morgan fingerprint density at radius 2 is 1.88 bits per heavy atom. The first-order chi connectivity index (χ1) is 12.4. The number of aromatic nitrogens is 3. The second kappa shape index (κ2) is 7.11. The number of hydrazone groups is 1. The molecule has 1 N–H and O–H groups in total. The van der Waals surface area contributed by atoms with Crippen molar-refractivity contribution in [2.45, 2.75) is 0 Å². The van der Waals surface area contributed by atoms with Gasteiger partial charge in [-0.25, -0.2) is 9.67 Å². The van der Waals surface area contributed by atoms with E-state index in [0.29, 0.717) is 5.82 Å². The molecule has 25 heavy (non-hydrogen) atoms. The van der Waals surface area contributed by atoms with E-state index < -0.39 is 0 Å². The van der Waals surface area contributed by atoms with Crippen molar-refractivity contribution in [3.05, 3.63) is 84.0 Å². The quantitative estimate of drug-likeness (QED) is 0.430. The fourth-order valence-electron chi connectivity index (χ4n) is 2.40. The van der Waals surface area contributed by atoms with E-state index in [1.54, 1.807) is 23.7 Å². The summed E-state index contributed by atoms with van der Waals surface area (Å²) in [6.45, 7) is 0. The number of para-hydroxylation sites is 1. The highest BCUT2D eigenvalue weighted by atomic mass is 32.1. The van der Waals surface area contributed by atoms with Gasteiger partial charge in [0.05, 0.1) is 16.8 Å². The summed E-state index contributed by atoms with van der Waals surface area (Å²) in [6.07, 6.45) is 5.48. The molecule has 0 bridgehead atoms. The molecule has 0 saturated heterocycles. The Kier molecular flexibility index (Phi) is 4.35. The van der Waals surface area contributed by atoms with Gasteiger partial charge in [-0.05, 0) is 35.7 Å². The molecule has 4 aromatic rings. The minimum Gasteiger partial charge on any atom is -0.261 e. The van der Waals surface area contributed by atoms with E-state index >= 15 is 0 Å². The molecule has 0 aliphatic heterocycles. The highest BCUT2D eigenvalue weighted by Crippen LogP contribution is 2.26. The van der Waals surface area contributed by atoms with Crippen LogP contribution in [0.4, 0.5) is 5.82 Å². The van der Waals surface area contributed by atoms with Crippen LogP contribution < -0.4 is 5.43 Å². The maximum atomic E-state index is 4.74. The van der Waals surface area contributed by atoms with E-state index in [1.165, 1.54) is 0 Å². The summed E-state index contributed by atoms with van der Waals surface area (Å²) in [5, 5.41) is 11.1. The fourth-order valence-corrected chi connectivity index (χ4v) is 3.13. The van der Waals surface area contributed by atoms with Crippen molar-refractivity contribution in [3.8, 4) is 16.3 Å². The van der Waals surface area contributed by atoms with Crippen LogP contribution in [0.2, 0.25) is 0 Å². The van der Waals surface area contributed by atoms with Crippen LogP contribution in [-0.2, 0) is 0 Å². The first-order valence-corrected chi connectivity index (χ1v) is 8.67. The second-order valence-electron chi connectivity index (χ2n) is 5.28. The molecule has 0 radical (unpaired) electrons. The zero-order valence-corrected chi connectivity index (χ0v) is 14.1. The number of benzene rings is 1. The summed E-state index contributed by atoms with van der Waals surface area (Å²) in [6, 6.07) is 19.8. The van der Waals surface area contributed by atoms with Crippen molar-refractivity contribution in [1.29, 1.82) is 0 Å². The van der Waals surface area contributed by atoms with Crippen molar-refractivity contribution in [3.63, 3.8) is 0 Å². The molecule has 0 aliphatic rings. The predicted molar refractivity (Wildman–Crippen MR) is 102 cm³/mol. The molecule has 0 fully saturated rings. The molecule has 0 unspecified atom stereocenters. The number of hydrogen-bond acceptors (Lipinski definition) is 5. The predicted octanol–water partition coefficient (Wildman–Crippen LogP) is 4.44. The molecule has 0 spiro atoms. The first kappa shape index (κ1) is 15.3. The first-order valence-electron chi connectivity index (χ1n) is 7.79. The van der Waals surface area contributed by atoms with Crippen LogP contribution in [0.3, 0.4) is 0 Å². The SMILES string of the molecule is C(=NNc1ccccn1)c1cn(-c2ccccc2)nc1-c1cccs1. The maximum absolute atomic E-state index is 4.74. The summed E-state index contributed by atoms with van der Waals surface area (Å²) < 4.78 is 1.87. The van der Waals surface area contributed by atoms with Crippen molar-refractivity contribution in [1.82, 2.24) is 14.8 Å². The van der Waals surface area contributed by atoms with E-state index in [9.17, 15) is 0 Å². The van der Waals surface area contributed by atoms with Crippen molar-refractivity contribution in [2.75, 3.05) is 5.43 Å². The molecular formula is C19H15N5S. The van der Waals surface area contributed by atoms with Gasteiger partial charge in [-0.15, -0.1) is 11.3 Å². The molecule has 5 nitrogen and oxygen atoms in total. The minimum atomic E-state index is 0.701. The number of nitrogens with one attached hydrogen (secondary N) is 1. The van der Waals surface area contributed by atoms with Gasteiger partial charge < -0.3 is 0 Å². The number of anilines is 1. The Morgan fingerprint density at radius 3 is 2.64 bits per heavy atom. The molecule has 0 aliphatic carbocycles. The Hall–Kier alpha value is -3.25. The largest absolute Gasteiger partial charge is 0.261 e.